The number of piperazine rings is 1. The van der Waals surface area contributed by atoms with Crippen molar-refractivity contribution in [3.8, 4) is 17.3 Å². The lowest BCUT2D eigenvalue weighted by molar-refractivity contribution is 0.0745. The van der Waals surface area contributed by atoms with E-state index in [1.807, 2.05) is 49.1 Å². The summed E-state index contributed by atoms with van der Waals surface area (Å²) in [6, 6.07) is 9.83. The van der Waals surface area contributed by atoms with Crippen LogP contribution in [0.25, 0.3) is 5.69 Å². The van der Waals surface area contributed by atoms with Gasteiger partial charge in [0.25, 0.3) is 5.91 Å². The molecule has 1 fully saturated rings. The van der Waals surface area contributed by atoms with Crippen LogP contribution in [-0.2, 0) is 0 Å². The van der Waals surface area contributed by atoms with Gasteiger partial charge in [-0.25, -0.2) is 0 Å². The van der Waals surface area contributed by atoms with Crippen LogP contribution in [0.1, 0.15) is 21.7 Å². The van der Waals surface area contributed by atoms with Crippen molar-refractivity contribution >= 4 is 11.7 Å². The summed E-state index contributed by atoms with van der Waals surface area (Å²) in [5.74, 6) is 2.12. The van der Waals surface area contributed by atoms with E-state index < -0.39 is 0 Å². The first-order chi connectivity index (χ1) is 15.0. The van der Waals surface area contributed by atoms with E-state index in [2.05, 4.69) is 19.4 Å². The monoisotopic (exact) mass is 421 g/mol. The third-order valence-electron chi connectivity index (χ3n) is 5.69. The minimum atomic E-state index is 0.0595. The maximum atomic E-state index is 13.3. The Morgan fingerprint density at radius 1 is 0.968 bits per heavy atom. The van der Waals surface area contributed by atoms with Crippen molar-refractivity contribution in [2.45, 2.75) is 13.8 Å². The SMILES string of the molecule is COc1ccc(-n2c(C)cc(C(=O)N3CCN(c4cncc(OC)n4)CC3)c2C)cc1. The molecule has 0 atom stereocenters. The zero-order chi connectivity index (χ0) is 22.0. The number of methoxy groups -OCH3 is 2. The molecular weight excluding hydrogens is 394 g/mol. The Balaban J connectivity index is 1.49. The van der Waals surface area contributed by atoms with Gasteiger partial charge >= 0.3 is 0 Å². The summed E-state index contributed by atoms with van der Waals surface area (Å²) in [5, 5.41) is 0. The molecule has 3 heterocycles. The summed E-state index contributed by atoms with van der Waals surface area (Å²) in [6.07, 6.45) is 3.31. The molecule has 2 aromatic heterocycles. The molecule has 1 amide bonds. The van der Waals surface area contributed by atoms with Crippen LogP contribution in [0.4, 0.5) is 5.82 Å². The number of hydrogen-bond acceptors (Lipinski definition) is 6. The van der Waals surface area contributed by atoms with Gasteiger partial charge in [-0.15, -0.1) is 0 Å². The Morgan fingerprint density at radius 3 is 2.32 bits per heavy atom. The molecule has 0 spiro atoms. The summed E-state index contributed by atoms with van der Waals surface area (Å²) in [7, 11) is 3.23. The van der Waals surface area contributed by atoms with E-state index in [9.17, 15) is 4.79 Å². The zero-order valence-electron chi connectivity index (χ0n) is 18.3. The lowest BCUT2D eigenvalue weighted by Gasteiger charge is -2.35. The average Bonchev–Trinajstić information content (AvgIpc) is 3.12. The molecule has 1 aliphatic heterocycles. The second-order valence-corrected chi connectivity index (χ2v) is 7.52. The van der Waals surface area contributed by atoms with E-state index in [1.165, 1.54) is 0 Å². The van der Waals surface area contributed by atoms with E-state index in [4.69, 9.17) is 9.47 Å². The first-order valence-electron chi connectivity index (χ1n) is 10.3. The molecule has 31 heavy (non-hydrogen) atoms. The highest BCUT2D eigenvalue weighted by atomic mass is 16.5. The highest BCUT2D eigenvalue weighted by molar-refractivity contribution is 5.96. The number of carbonyl (C=O) groups is 1. The van der Waals surface area contributed by atoms with Crippen LogP contribution < -0.4 is 14.4 Å². The summed E-state index contributed by atoms with van der Waals surface area (Å²) >= 11 is 0. The summed E-state index contributed by atoms with van der Waals surface area (Å²) < 4.78 is 12.5. The molecule has 1 aromatic carbocycles. The lowest BCUT2D eigenvalue weighted by Crippen LogP contribution is -2.49. The number of anilines is 1. The summed E-state index contributed by atoms with van der Waals surface area (Å²) in [4.78, 5) is 25.9. The molecule has 0 saturated carbocycles. The van der Waals surface area contributed by atoms with Crippen molar-refractivity contribution in [2.75, 3.05) is 45.3 Å². The van der Waals surface area contributed by atoms with Crippen LogP contribution in [-0.4, -0.2) is 65.7 Å². The van der Waals surface area contributed by atoms with Crippen LogP contribution in [0, 0.1) is 13.8 Å². The third-order valence-corrected chi connectivity index (χ3v) is 5.69. The predicted molar refractivity (Wildman–Crippen MR) is 118 cm³/mol. The topological polar surface area (TPSA) is 72.7 Å². The molecule has 1 saturated heterocycles. The van der Waals surface area contributed by atoms with Crippen molar-refractivity contribution in [1.29, 1.82) is 0 Å². The van der Waals surface area contributed by atoms with Crippen LogP contribution in [0.15, 0.2) is 42.7 Å². The number of benzene rings is 1. The van der Waals surface area contributed by atoms with Gasteiger partial charge in [-0.05, 0) is 44.2 Å². The van der Waals surface area contributed by atoms with E-state index >= 15 is 0 Å². The lowest BCUT2D eigenvalue weighted by atomic mass is 10.2. The van der Waals surface area contributed by atoms with Crippen molar-refractivity contribution in [3.05, 3.63) is 59.7 Å². The largest absolute Gasteiger partial charge is 0.497 e. The minimum Gasteiger partial charge on any atom is -0.497 e. The van der Waals surface area contributed by atoms with E-state index in [0.717, 1.165) is 34.2 Å². The van der Waals surface area contributed by atoms with E-state index in [0.29, 0.717) is 32.1 Å². The number of aromatic nitrogens is 3. The minimum absolute atomic E-state index is 0.0595. The van der Waals surface area contributed by atoms with Gasteiger partial charge in [0.15, 0.2) is 5.82 Å². The Hall–Kier alpha value is -3.55. The molecule has 0 N–H and O–H groups in total. The number of carbonyl (C=O) groups excluding carboxylic acids is 1. The first kappa shape index (κ1) is 20.7. The maximum Gasteiger partial charge on any atom is 0.255 e. The summed E-state index contributed by atoms with van der Waals surface area (Å²) in [6.45, 7) is 6.67. The normalized spacial score (nSPS) is 13.9. The maximum absolute atomic E-state index is 13.3. The van der Waals surface area contributed by atoms with Crippen LogP contribution in [0.3, 0.4) is 0 Å². The third kappa shape index (κ3) is 4.05. The van der Waals surface area contributed by atoms with Gasteiger partial charge in [0, 0.05) is 43.3 Å². The van der Waals surface area contributed by atoms with E-state index in [-0.39, 0.29) is 5.91 Å². The van der Waals surface area contributed by atoms with Crippen molar-refractivity contribution in [1.82, 2.24) is 19.4 Å². The fourth-order valence-corrected chi connectivity index (χ4v) is 4.01. The second kappa shape index (κ2) is 8.67. The van der Waals surface area contributed by atoms with Gasteiger partial charge < -0.3 is 23.8 Å². The predicted octanol–water partition coefficient (Wildman–Crippen LogP) is 2.86. The van der Waals surface area contributed by atoms with Gasteiger partial charge in [-0.3, -0.25) is 9.78 Å². The number of rotatable bonds is 5. The van der Waals surface area contributed by atoms with Gasteiger partial charge in [0.1, 0.15) is 5.75 Å². The summed E-state index contributed by atoms with van der Waals surface area (Å²) in [5.41, 5.74) is 3.71. The van der Waals surface area contributed by atoms with Gasteiger partial charge in [-0.1, -0.05) is 0 Å². The number of aryl methyl sites for hydroxylation is 1. The van der Waals surface area contributed by atoms with Crippen LogP contribution in [0.2, 0.25) is 0 Å². The van der Waals surface area contributed by atoms with E-state index in [1.54, 1.807) is 26.6 Å². The molecule has 4 rings (SSSR count). The average molecular weight is 422 g/mol. The smallest absolute Gasteiger partial charge is 0.255 e. The molecule has 3 aromatic rings. The molecule has 1 aliphatic rings. The number of amides is 1. The Kier molecular flexibility index (Phi) is 5.79. The van der Waals surface area contributed by atoms with Gasteiger partial charge in [-0.2, -0.15) is 4.98 Å². The zero-order valence-corrected chi connectivity index (χ0v) is 18.3. The molecule has 0 bridgehead atoms. The van der Waals surface area contributed by atoms with Gasteiger partial charge in [0.2, 0.25) is 5.88 Å². The van der Waals surface area contributed by atoms with Crippen molar-refractivity contribution in [3.63, 3.8) is 0 Å². The molecule has 0 aliphatic carbocycles. The standard InChI is InChI=1S/C23H27N5O3/c1-16-13-20(17(2)28(16)18-5-7-19(30-3)8-6-18)23(29)27-11-9-26(10-12-27)21-14-24-15-22(25-21)31-4/h5-8,13-15H,9-12H2,1-4H3. The molecule has 8 heteroatoms. The van der Waals surface area contributed by atoms with Crippen molar-refractivity contribution in [2.24, 2.45) is 0 Å². The highest BCUT2D eigenvalue weighted by Gasteiger charge is 2.26. The molecule has 0 unspecified atom stereocenters. The fourth-order valence-electron chi connectivity index (χ4n) is 4.01. The molecular formula is C23H27N5O3. The highest BCUT2D eigenvalue weighted by Crippen LogP contribution is 2.24. The fraction of sp³-hybridized carbons (Fsp3) is 0.348. The van der Waals surface area contributed by atoms with Crippen LogP contribution >= 0.6 is 0 Å². The molecule has 0 radical (unpaired) electrons. The number of hydrogen-bond donors (Lipinski definition) is 0. The Morgan fingerprint density at radius 2 is 1.68 bits per heavy atom. The Labute approximate surface area is 182 Å². The second-order valence-electron chi connectivity index (χ2n) is 7.52. The van der Waals surface area contributed by atoms with Gasteiger partial charge in [0.05, 0.1) is 32.2 Å². The van der Waals surface area contributed by atoms with Crippen LogP contribution in [0.5, 0.6) is 11.6 Å². The van der Waals surface area contributed by atoms with Crippen molar-refractivity contribution < 1.29 is 14.3 Å². The molecule has 162 valence electrons. The number of ether oxygens (including phenoxy) is 2. The molecule has 8 nitrogen and oxygen atoms in total. The first-order valence-corrected chi connectivity index (χ1v) is 10.3. The quantitative estimate of drug-likeness (QED) is 0.631. The number of nitrogens with zero attached hydrogens (tertiary/aromatic N) is 5. The Bertz CT molecular complexity index is 1070.